The van der Waals surface area contributed by atoms with Crippen LogP contribution in [-0.2, 0) is 4.79 Å². The van der Waals surface area contributed by atoms with Gasteiger partial charge in [-0.25, -0.2) is 4.98 Å². The Labute approximate surface area is 162 Å². The number of hydrogen-bond acceptors (Lipinski definition) is 5. The van der Waals surface area contributed by atoms with Gasteiger partial charge >= 0.3 is 0 Å². The van der Waals surface area contributed by atoms with E-state index in [2.05, 4.69) is 48.4 Å². The maximum absolute atomic E-state index is 12.5. The predicted octanol–water partition coefficient (Wildman–Crippen LogP) is 4.71. The van der Waals surface area contributed by atoms with Crippen LogP contribution in [0.3, 0.4) is 0 Å². The molecule has 138 valence electrons. The van der Waals surface area contributed by atoms with Crippen LogP contribution in [0.25, 0.3) is 11.3 Å². The molecule has 27 heavy (non-hydrogen) atoms. The Morgan fingerprint density at radius 3 is 2.63 bits per heavy atom. The molecule has 1 aliphatic heterocycles. The van der Waals surface area contributed by atoms with Gasteiger partial charge in [0.2, 0.25) is 6.10 Å². The van der Waals surface area contributed by atoms with Crippen molar-refractivity contribution in [3.8, 4) is 22.8 Å². The SMILES string of the molecule is CC(C)c1ccc(-c2csc(NC(=O)[C@H]3COc4ccccc4O3)n2)cc1. The molecule has 1 amide bonds. The second-order valence-electron chi connectivity index (χ2n) is 6.67. The first kappa shape index (κ1) is 17.5. The summed E-state index contributed by atoms with van der Waals surface area (Å²) in [5.41, 5.74) is 3.16. The minimum Gasteiger partial charge on any atom is -0.485 e. The third-order valence-corrected chi connectivity index (χ3v) is 5.17. The maximum atomic E-state index is 12.5. The first-order chi connectivity index (χ1) is 13.1. The van der Waals surface area contributed by atoms with E-state index < -0.39 is 6.10 Å². The molecule has 1 aromatic heterocycles. The zero-order chi connectivity index (χ0) is 18.8. The third-order valence-electron chi connectivity index (χ3n) is 4.41. The molecule has 3 aromatic rings. The number of anilines is 1. The van der Waals surface area contributed by atoms with E-state index in [4.69, 9.17) is 9.47 Å². The fourth-order valence-electron chi connectivity index (χ4n) is 2.84. The highest BCUT2D eigenvalue weighted by Crippen LogP contribution is 2.31. The smallest absolute Gasteiger partial charge is 0.270 e. The Kier molecular flexibility index (Phi) is 4.81. The van der Waals surface area contributed by atoms with Crippen molar-refractivity contribution in [3.05, 3.63) is 59.5 Å². The van der Waals surface area contributed by atoms with Crippen molar-refractivity contribution in [2.75, 3.05) is 11.9 Å². The minimum atomic E-state index is -0.697. The molecule has 0 aliphatic carbocycles. The van der Waals surface area contributed by atoms with Gasteiger partial charge < -0.3 is 9.47 Å². The molecule has 0 saturated carbocycles. The summed E-state index contributed by atoms with van der Waals surface area (Å²) < 4.78 is 11.3. The van der Waals surface area contributed by atoms with Crippen molar-refractivity contribution in [3.63, 3.8) is 0 Å². The van der Waals surface area contributed by atoms with Crippen LogP contribution in [0, 0.1) is 0 Å². The first-order valence-corrected chi connectivity index (χ1v) is 9.73. The number of benzene rings is 2. The molecule has 1 N–H and O–H groups in total. The molecule has 0 spiro atoms. The van der Waals surface area contributed by atoms with E-state index in [9.17, 15) is 4.79 Å². The van der Waals surface area contributed by atoms with Crippen LogP contribution in [0.2, 0.25) is 0 Å². The molecule has 1 aliphatic rings. The molecule has 0 radical (unpaired) electrons. The Morgan fingerprint density at radius 2 is 1.89 bits per heavy atom. The second-order valence-corrected chi connectivity index (χ2v) is 7.53. The van der Waals surface area contributed by atoms with Crippen LogP contribution < -0.4 is 14.8 Å². The summed E-state index contributed by atoms with van der Waals surface area (Å²) in [5.74, 6) is 1.46. The number of thiazole rings is 1. The van der Waals surface area contributed by atoms with Crippen molar-refractivity contribution in [2.24, 2.45) is 0 Å². The zero-order valence-corrected chi connectivity index (χ0v) is 16.0. The number of carbonyl (C=O) groups is 1. The molecule has 2 heterocycles. The summed E-state index contributed by atoms with van der Waals surface area (Å²) in [6, 6.07) is 15.7. The summed E-state index contributed by atoms with van der Waals surface area (Å²) in [6.45, 7) is 4.51. The van der Waals surface area contributed by atoms with Crippen LogP contribution in [0.5, 0.6) is 11.5 Å². The number of rotatable bonds is 4. The van der Waals surface area contributed by atoms with Crippen molar-refractivity contribution in [1.29, 1.82) is 0 Å². The van der Waals surface area contributed by atoms with E-state index in [1.165, 1.54) is 16.9 Å². The van der Waals surface area contributed by atoms with Crippen LogP contribution in [0.1, 0.15) is 25.3 Å². The van der Waals surface area contributed by atoms with E-state index in [0.717, 1.165) is 11.3 Å². The maximum Gasteiger partial charge on any atom is 0.270 e. The molecule has 0 bridgehead atoms. The molecule has 5 nitrogen and oxygen atoms in total. The summed E-state index contributed by atoms with van der Waals surface area (Å²) in [5, 5.41) is 5.31. The van der Waals surface area contributed by atoms with E-state index in [0.29, 0.717) is 22.5 Å². The highest BCUT2D eigenvalue weighted by atomic mass is 32.1. The summed E-state index contributed by atoms with van der Waals surface area (Å²) >= 11 is 1.39. The number of hydrogen-bond donors (Lipinski definition) is 1. The molecule has 2 aromatic carbocycles. The molecule has 6 heteroatoms. The number of nitrogens with zero attached hydrogens (tertiary/aromatic N) is 1. The first-order valence-electron chi connectivity index (χ1n) is 8.85. The molecule has 0 fully saturated rings. The highest BCUT2D eigenvalue weighted by Gasteiger charge is 2.27. The Bertz CT molecular complexity index is 950. The van der Waals surface area contributed by atoms with E-state index in [1.807, 2.05) is 23.6 Å². The summed E-state index contributed by atoms with van der Waals surface area (Å²) in [7, 11) is 0. The zero-order valence-electron chi connectivity index (χ0n) is 15.1. The molecular weight excluding hydrogens is 360 g/mol. The topological polar surface area (TPSA) is 60.5 Å². The number of amides is 1. The van der Waals surface area contributed by atoms with Gasteiger partial charge in [0.15, 0.2) is 16.6 Å². The Hall–Kier alpha value is -2.86. The third kappa shape index (κ3) is 3.80. The molecule has 1 atom stereocenters. The van der Waals surface area contributed by atoms with Crippen molar-refractivity contribution in [2.45, 2.75) is 25.9 Å². The number of carbonyl (C=O) groups excluding carboxylic acids is 1. The van der Waals surface area contributed by atoms with Gasteiger partial charge in [-0.3, -0.25) is 10.1 Å². The predicted molar refractivity (Wildman–Crippen MR) is 107 cm³/mol. The lowest BCUT2D eigenvalue weighted by Gasteiger charge is -2.25. The normalized spacial score (nSPS) is 15.6. The average Bonchev–Trinajstić information content (AvgIpc) is 3.16. The Morgan fingerprint density at radius 1 is 1.15 bits per heavy atom. The van der Waals surface area contributed by atoms with E-state index >= 15 is 0 Å². The molecular formula is C21H20N2O3S. The summed E-state index contributed by atoms with van der Waals surface area (Å²) in [4.78, 5) is 17.0. The van der Waals surface area contributed by atoms with Gasteiger partial charge in [-0.05, 0) is 23.6 Å². The van der Waals surface area contributed by atoms with Gasteiger partial charge in [-0.2, -0.15) is 0 Å². The number of aromatic nitrogens is 1. The number of nitrogens with one attached hydrogen (secondary N) is 1. The minimum absolute atomic E-state index is 0.178. The van der Waals surface area contributed by atoms with Gasteiger partial charge in [0, 0.05) is 10.9 Å². The number of fused-ring (bicyclic) bond motifs is 1. The quantitative estimate of drug-likeness (QED) is 0.712. The van der Waals surface area contributed by atoms with Crippen LogP contribution in [-0.4, -0.2) is 23.6 Å². The second kappa shape index (κ2) is 7.40. The lowest BCUT2D eigenvalue weighted by molar-refractivity contribution is -0.125. The van der Waals surface area contributed by atoms with Crippen molar-refractivity contribution >= 4 is 22.4 Å². The van der Waals surface area contributed by atoms with Crippen LogP contribution >= 0.6 is 11.3 Å². The monoisotopic (exact) mass is 380 g/mol. The largest absolute Gasteiger partial charge is 0.485 e. The molecule has 0 saturated heterocycles. The molecule has 0 unspecified atom stereocenters. The standard InChI is InChI=1S/C21H20N2O3S/c1-13(2)14-7-9-15(10-8-14)16-12-27-21(22-16)23-20(24)19-11-25-17-5-3-4-6-18(17)26-19/h3-10,12-13,19H,11H2,1-2H3,(H,22,23,24)/t19-/m1/s1. The average molecular weight is 380 g/mol. The lowest BCUT2D eigenvalue weighted by atomic mass is 10.0. The number of ether oxygens (including phenoxy) is 2. The van der Waals surface area contributed by atoms with Crippen molar-refractivity contribution < 1.29 is 14.3 Å². The van der Waals surface area contributed by atoms with Crippen LogP contribution in [0.4, 0.5) is 5.13 Å². The highest BCUT2D eigenvalue weighted by molar-refractivity contribution is 7.14. The van der Waals surface area contributed by atoms with E-state index in [1.54, 1.807) is 6.07 Å². The van der Waals surface area contributed by atoms with Crippen molar-refractivity contribution in [1.82, 2.24) is 4.98 Å². The lowest BCUT2D eigenvalue weighted by Crippen LogP contribution is -2.40. The van der Waals surface area contributed by atoms with Gasteiger partial charge in [0.25, 0.3) is 5.91 Å². The summed E-state index contributed by atoms with van der Waals surface area (Å²) in [6.07, 6.45) is -0.697. The van der Waals surface area contributed by atoms with Gasteiger partial charge in [0.05, 0.1) is 5.69 Å². The number of para-hydroxylation sites is 2. The van der Waals surface area contributed by atoms with Crippen LogP contribution in [0.15, 0.2) is 53.9 Å². The van der Waals surface area contributed by atoms with Gasteiger partial charge in [-0.1, -0.05) is 50.2 Å². The van der Waals surface area contributed by atoms with E-state index in [-0.39, 0.29) is 12.5 Å². The van der Waals surface area contributed by atoms with Gasteiger partial charge in [0.1, 0.15) is 6.61 Å². The molecule has 4 rings (SSSR count). The van der Waals surface area contributed by atoms with Gasteiger partial charge in [-0.15, -0.1) is 11.3 Å². The Balaban J connectivity index is 1.43. The fourth-order valence-corrected chi connectivity index (χ4v) is 3.56. The fraction of sp³-hybridized carbons (Fsp3) is 0.238.